The van der Waals surface area contributed by atoms with Gasteiger partial charge in [-0.2, -0.15) is 5.10 Å². The number of hydrogen-bond donors (Lipinski definition) is 1. The molecule has 0 aromatic carbocycles. The first-order valence-corrected chi connectivity index (χ1v) is 9.09. The molecule has 0 amide bonds. The van der Waals surface area contributed by atoms with Crippen LogP contribution in [0, 0.1) is 0 Å². The molecule has 1 aliphatic rings. The molecule has 4 rings (SSSR count). The first kappa shape index (κ1) is 17.5. The number of aliphatic imine (C=N–C) groups is 1. The zero-order chi connectivity index (χ0) is 18.6. The molecule has 0 radical (unpaired) electrons. The molecule has 1 fully saturated rings. The maximum atomic E-state index is 5.91. The van der Waals surface area contributed by atoms with Crippen molar-refractivity contribution in [3.8, 4) is 0 Å². The molecular weight excluding hydrogens is 344 g/mol. The molecule has 1 unspecified atom stereocenters. The standard InChI is InChI=1S/C18H24N8O/c1-19-18(20-7-6-17-23-22-16-5-3-4-8-26(16)17)25-9-10-27-15(13-25)14-11-21-24(2)12-14/h3-5,8,11-12,15H,6-7,9-10,13H2,1-2H3,(H,19,20). The van der Waals surface area contributed by atoms with Crippen LogP contribution < -0.4 is 5.32 Å². The molecule has 1 saturated heterocycles. The van der Waals surface area contributed by atoms with Crippen LogP contribution in [-0.2, 0) is 18.2 Å². The van der Waals surface area contributed by atoms with Crippen molar-refractivity contribution in [2.24, 2.45) is 12.0 Å². The smallest absolute Gasteiger partial charge is 0.193 e. The predicted molar refractivity (Wildman–Crippen MR) is 102 cm³/mol. The highest BCUT2D eigenvalue weighted by molar-refractivity contribution is 5.80. The Bertz CT molecular complexity index is 930. The number of morpholine rings is 1. The van der Waals surface area contributed by atoms with E-state index in [1.165, 1.54) is 0 Å². The van der Waals surface area contributed by atoms with Crippen molar-refractivity contribution in [3.05, 3.63) is 48.2 Å². The molecule has 0 bridgehead atoms. The van der Waals surface area contributed by atoms with Gasteiger partial charge in [-0.3, -0.25) is 14.1 Å². The lowest BCUT2D eigenvalue weighted by molar-refractivity contribution is -0.00801. The molecule has 0 spiro atoms. The van der Waals surface area contributed by atoms with Crippen LogP contribution in [0.25, 0.3) is 5.65 Å². The van der Waals surface area contributed by atoms with Gasteiger partial charge in [0.05, 0.1) is 19.3 Å². The molecule has 0 saturated carbocycles. The third kappa shape index (κ3) is 3.77. The van der Waals surface area contributed by atoms with E-state index in [2.05, 4.69) is 30.5 Å². The number of nitrogens with one attached hydrogen (secondary N) is 1. The maximum absolute atomic E-state index is 5.91. The molecule has 1 atom stereocenters. The van der Waals surface area contributed by atoms with E-state index in [4.69, 9.17) is 4.74 Å². The van der Waals surface area contributed by atoms with Gasteiger partial charge in [0.2, 0.25) is 0 Å². The molecule has 0 aliphatic carbocycles. The third-order valence-electron chi connectivity index (χ3n) is 4.69. The van der Waals surface area contributed by atoms with Crippen molar-refractivity contribution in [2.45, 2.75) is 12.5 Å². The number of nitrogens with zero attached hydrogens (tertiary/aromatic N) is 7. The summed E-state index contributed by atoms with van der Waals surface area (Å²) < 4.78 is 9.73. The Hall–Kier alpha value is -2.94. The Labute approximate surface area is 157 Å². The van der Waals surface area contributed by atoms with Gasteiger partial charge in [-0.1, -0.05) is 6.07 Å². The zero-order valence-corrected chi connectivity index (χ0v) is 15.6. The first-order valence-electron chi connectivity index (χ1n) is 9.09. The van der Waals surface area contributed by atoms with E-state index in [1.54, 1.807) is 4.68 Å². The van der Waals surface area contributed by atoms with Gasteiger partial charge in [0.15, 0.2) is 11.6 Å². The largest absolute Gasteiger partial charge is 0.370 e. The van der Waals surface area contributed by atoms with Crippen LogP contribution in [0.4, 0.5) is 0 Å². The number of guanidine groups is 1. The van der Waals surface area contributed by atoms with Gasteiger partial charge in [-0.25, -0.2) is 0 Å². The minimum Gasteiger partial charge on any atom is -0.370 e. The van der Waals surface area contributed by atoms with Crippen molar-refractivity contribution >= 4 is 11.6 Å². The Kier molecular flexibility index (Phi) is 5.01. The van der Waals surface area contributed by atoms with Crippen molar-refractivity contribution in [2.75, 3.05) is 33.3 Å². The van der Waals surface area contributed by atoms with E-state index < -0.39 is 0 Å². The fraction of sp³-hybridized carbons (Fsp3) is 0.444. The predicted octanol–water partition coefficient (Wildman–Crippen LogP) is 0.654. The van der Waals surface area contributed by atoms with Crippen LogP contribution in [0.3, 0.4) is 0 Å². The minimum atomic E-state index is 0.00596. The van der Waals surface area contributed by atoms with Gasteiger partial charge in [0, 0.05) is 51.6 Å². The summed E-state index contributed by atoms with van der Waals surface area (Å²) in [4.78, 5) is 6.66. The lowest BCUT2D eigenvalue weighted by Crippen LogP contribution is -2.48. The molecule has 9 heteroatoms. The Morgan fingerprint density at radius 3 is 3.11 bits per heavy atom. The second-order valence-electron chi connectivity index (χ2n) is 6.52. The van der Waals surface area contributed by atoms with Gasteiger partial charge < -0.3 is 15.0 Å². The molecule has 4 heterocycles. The van der Waals surface area contributed by atoms with E-state index in [1.807, 2.05) is 55.3 Å². The van der Waals surface area contributed by atoms with Crippen molar-refractivity contribution in [1.82, 2.24) is 34.6 Å². The van der Waals surface area contributed by atoms with Gasteiger partial charge in [-0.05, 0) is 12.1 Å². The van der Waals surface area contributed by atoms with Crippen LogP contribution in [0.1, 0.15) is 17.5 Å². The van der Waals surface area contributed by atoms with Crippen LogP contribution in [0.5, 0.6) is 0 Å². The van der Waals surface area contributed by atoms with E-state index in [-0.39, 0.29) is 6.10 Å². The van der Waals surface area contributed by atoms with E-state index >= 15 is 0 Å². The summed E-state index contributed by atoms with van der Waals surface area (Å²) in [5.41, 5.74) is 1.96. The summed E-state index contributed by atoms with van der Waals surface area (Å²) in [6, 6.07) is 5.90. The zero-order valence-electron chi connectivity index (χ0n) is 15.6. The van der Waals surface area contributed by atoms with Crippen LogP contribution in [0.2, 0.25) is 0 Å². The minimum absolute atomic E-state index is 0.00596. The first-order chi connectivity index (χ1) is 13.2. The summed E-state index contributed by atoms with van der Waals surface area (Å²) in [6.07, 6.45) is 6.62. The molecule has 1 N–H and O–H groups in total. The second-order valence-corrected chi connectivity index (χ2v) is 6.52. The number of ether oxygens (including phenoxy) is 1. The number of rotatable bonds is 4. The lowest BCUT2D eigenvalue weighted by atomic mass is 10.1. The summed E-state index contributed by atoms with van der Waals surface area (Å²) in [5.74, 6) is 1.81. The van der Waals surface area contributed by atoms with Crippen LogP contribution in [-0.4, -0.2) is 68.5 Å². The lowest BCUT2D eigenvalue weighted by Gasteiger charge is -2.34. The van der Waals surface area contributed by atoms with E-state index in [0.29, 0.717) is 6.61 Å². The molecule has 9 nitrogen and oxygen atoms in total. The third-order valence-corrected chi connectivity index (χ3v) is 4.69. The average Bonchev–Trinajstić information content (AvgIpc) is 3.32. The highest BCUT2D eigenvalue weighted by Crippen LogP contribution is 2.21. The van der Waals surface area contributed by atoms with Gasteiger partial charge in [0.1, 0.15) is 11.9 Å². The second kappa shape index (κ2) is 7.75. The number of aryl methyl sites for hydroxylation is 1. The maximum Gasteiger partial charge on any atom is 0.193 e. The average molecular weight is 368 g/mol. The van der Waals surface area contributed by atoms with Crippen molar-refractivity contribution < 1.29 is 4.74 Å². The topological polar surface area (TPSA) is 84.9 Å². The number of hydrogen-bond acceptors (Lipinski definition) is 5. The highest BCUT2D eigenvalue weighted by Gasteiger charge is 2.25. The number of fused-ring (bicyclic) bond motifs is 1. The summed E-state index contributed by atoms with van der Waals surface area (Å²) >= 11 is 0. The molecule has 1 aliphatic heterocycles. The summed E-state index contributed by atoms with van der Waals surface area (Å²) in [7, 11) is 3.72. The van der Waals surface area contributed by atoms with Crippen molar-refractivity contribution in [1.29, 1.82) is 0 Å². The van der Waals surface area contributed by atoms with Gasteiger partial charge in [-0.15, -0.1) is 10.2 Å². The fourth-order valence-corrected chi connectivity index (χ4v) is 3.33. The number of pyridine rings is 1. The molecular formula is C18H24N8O. The van der Waals surface area contributed by atoms with Crippen LogP contribution >= 0.6 is 0 Å². The fourth-order valence-electron chi connectivity index (χ4n) is 3.33. The highest BCUT2D eigenvalue weighted by atomic mass is 16.5. The molecule has 142 valence electrons. The Morgan fingerprint density at radius 2 is 2.30 bits per heavy atom. The molecule has 3 aromatic rings. The number of aromatic nitrogens is 5. The summed E-state index contributed by atoms with van der Waals surface area (Å²) in [5, 5.41) is 16.1. The van der Waals surface area contributed by atoms with E-state index in [0.717, 1.165) is 49.0 Å². The normalized spacial score (nSPS) is 18.2. The summed E-state index contributed by atoms with van der Waals surface area (Å²) in [6.45, 7) is 2.95. The molecule has 27 heavy (non-hydrogen) atoms. The quantitative estimate of drug-likeness (QED) is 0.538. The molecule has 3 aromatic heterocycles. The van der Waals surface area contributed by atoms with Crippen molar-refractivity contribution in [3.63, 3.8) is 0 Å². The Balaban J connectivity index is 1.36. The SMILES string of the molecule is CN=C(NCCc1nnc2ccccn12)N1CCOC(c2cnn(C)c2)C1. The van der Waals surface area contributed by atoms with Gasteiger partial charge in [0.25, 0.3) is 0 Å². The van der Waals surface area contributed by atoms with Gasteiger partial charge >= 0.3 is 0 Å². The van der Waals surface area contributed by atoms with Crippen LogP contribution in [0.15, 0.2) is 41.8 Å². The monoisotopic (exact) mass is 368 g/mol. The van der Waals surface area contributed by atoms with E-state index in [9.17, 15) is 0 Å². The Morgan fingerprint density at radius 1 is 1.37 bits per heavy atom.